The maximum atomic E-state index is 5.78. The van der Waals surface area contributed by atoms with Gasteiger partial charge < -0.3 is 10.6 Å². The highest BCUT2D eigenvalue weighted by molar-refractivity contribution is 14.0. The van der Waals surface area contributed by atoms with Crippen LogP contribution in [-0.2, 0) is 13.0 Å². The zero-order chi connectivity index (χ0) is 16.1. The second-order valence-electron chi connectivity index (χ2n) is 4.92. The fourth-order valence-corrected chi connectivity index (χ4v) is 2.97. The van der Waals surface area contributed by atoms with E-state index in [1.807, 2.05) is 28.2 Å². The van der Waals surface area contributed by atoms with Gasteiger partial charge in [0, 0.05) is 37.6 Å². The number of thiazole rings is 1. The van der Waals surface area contributed by atoms with Gasteiger partial charge in [-0.05, 0) is 18.1 Å². The predicted molar refractivity (Wildman–Crippen MR) is 110 cm³/mol. The average Bonchev–Trinajstić information content (AvgIpc) is 3.14. The van der Waals surface area contributed by atoms with Gasteiger partial charge in [-0.2, -0.15) is 0 Å². The highest BCUT2D eigenvalue weighted by Gasteiger charge is 2.04. The number of aromatic nitrogens is 3. The molecule has 0 unspecified atom stereocenters. The van der Waals surface area contributed by atoms with E-state index in [0.717, 1.165) is 35.1 Å². The van der Waals surface area contributed by atoms with E-state index in [9.17, 15) is 0 Å². The maximum Gasteiger partial charge on any atom is 0.193 e. The number of aliphatic imine (C=N–C) groups is 1. The summed E-state index contributed by atoms with van der Waals surface area (Å²) >= 11 is 7.40. The Balaban J connectivity index is 0.00000208. The minimum atomic E-state index is 0. The molecular weight excluding hydrogens is 459 g/mol. The number of imidazole rings is 1. The van der Waals surface area contributed by atoms with Gasteiger partial charge in [0.25, 0.3) is 0 Å². The van der Waals surface area contributed by atoms with Crippen LogP contribution in [0.5, 0.6) is 0 Å². The maximum absolute atomic E-state index is 5.78. The molecule has 3 rings (SSSR count). The number of hydrogen-bond donors (Lipinski definition) is 2. The van der Waals surface area contributed by atoms with Crippen molar-refractivity contribution in [2.75, 3.05) is 13.6 Å². The van der Waals surface area contributed by atoms with Gasteiger partial charge in [-0.3, -0.25) is 9.39 Å². The standard InChI is InChI=1S/C15H17ClN6S.HI/c1-17-14(18-5-4-11-2-3-13(16)19-8-11)20-9-12-10-22-6-7-23-15(22)21-12;/h2-3,6-8,10H,4-5,9H2,1H3,(H2,17,18,20);1H. The molecule has 0 radical (unpaired) electrons. The molecule has 0 saturated heterocycles. The van der Waals surface area contributed by atoms with Crippen LogP contribution < -0.4 is 10.6 Å². The summed E-state index contributed by atoms with van der Waals surface area (Å²) in [4.78, 5) is 13.8. The molecule has 0 bridgehead atoms. The Kier molecular flexibility index (Phi) is 7.25. The number of pyridine rings is 1. The van der Waals surface area contributed by atoms with E-state index in [4.69, 9.17) is 11.6 Å². The van der Waals surface area contributed by atoms with Gasteiger partial charge in [0.15, 0.2) is 10.9 Å². The van der Waals surface area contributed by atoms with Crippen LogP contribution in [-0.4, -0.2) is 33.9 Å². The molecule has 0 aliphatic heterocycles. The molecule has 24 heavy (non-hydrogen) atoms. The van der Waals surface area contributed by atoms with Crippen molar-refractivity contribution in [1.82, 2.24) is 25.0 Å². The molecule has 0 aromatic carbocycles. The number of guanidine groups is 1. The summed E-state index contributed by atoms with van der Waals surface area (Å²) in [6, 6.07) is 3.78. The molecular formula is C15H18ClIN6S. The Morgan fingerprint density at radius 2 is 2.25 bits per heavy atom. The van der Waals surface area contributed by atoms with Gasteiger partial charge in [-0.15, -0.1) is 35.3 Å². The van der Waals surface area contributed by atoms with Crippen molar-refractivity contribution in [3.05, 3.63) is 52.5 Å². The number of fused-ring (bicyclic) bond motifs is 1. The normalized spacial score (nSPS) is 11.3. The first-order valence-electron chi connectivity index (χ1n) is 7.20. The summed E-state index contributed by atoms with van der Waals surface area (Å²) < 4.78 is 2.02. The first kappa shape index (κ1) is 18.9. The lowest BCUT2D eigenvalue weighted by Gasteiger charge is -2.10. The van der Waals surface area contributed by atoms with Crippen molar-refractivity contribution in [3.63, 3.8) is 0 Å². The van der Waals surface area contributed by atoms with Crippen LogP contribution in [0.3, 0.4) is 0 Å². The molecule has 0 aliphatic carbocycles. The molecule has 0 saturated carbocycles. The first-order chi connectivity index (χ1) is 11.2. The Morgan fingerprint density at radius 3 is 2.96 bits per heavy atom. The van der Waals surface area contributed by atoms with Crippen LogP contribution in [0.2, 0.25) is 5.15 Å². The molecule has 128 valence electrons. The third-order valence-electron chi connectivity index (χ3n) is 3.30. The SMILES string of the molecule is CN=C(NCCc1ccc(Cl)nc1)NCc1cn2ccsc2n1.I. The van der Waals surface area contributed by atoms with Crippen molar-refractivity contribution in [2.45, 2.75) is 13.0 Å². The molecule has 0 atom stereocenters. The Morgan fingerprint density at radius 1 is 1.38 bits per heavy atom. The van der Waals surface area contributed by atoms with E-state index >= 15 is 0 Å². The molecule has 3 aromatic rings. The van der Waals surface area contributed by atoms with Crippen LogP contribution in [0.15, 0.2) is 41.1 Å². The molecule has 0 aliphatic rings. The fraction of sp³-hybridized carbons (Fsp3) is 0.267. The zero-order valence-corrected chi connectivity index (χ0v) is 17.0. The van der Waals surface area contributed by atoms with Crippen LogP contribution in [0.1, 0.15) is 11.3 Å². The number of rotatable bonds is 5. The largest absolute Gasteiger partial charge is 0.356 e. The number of hydrogen-bond acceptors (Lipinski definition) is 4. The Bertz CT molecular complexity index is 769. The lowest BCUT2D eigenvalue weighted by molar-refractivity contribution is 0.785. The summed E-state index contributed by atoms with van der Waals surface area (Å²) in [5, 5.41) is 9.07. The minimum Gasteiger partial charge on any atom is -0.356 e. The number of nitrogens with zero attached hydrogens (tertiary/aromatic N) is 4. The number of nitrogens with one attached hydrogen (secondary N) is 2. The van der Waals surface area contributed by atoms with Crippen molar-refractivity contribution in [3.8, 4) is 0 Å². The summed E-state index contributed by atoms with van der Waals surface area (Å²) in [6.07, 6.45) is 6.67. The van der Waals surface area contributed by atoms with Gasteiger partial charge in [0.1, 0.15) is 5.15 Å². The summed E-state index contributed by atoms with van der Waals surface area (Å²) in [5.41, 5.74) is 2.12. The van der Waals surface area contributed by atoms with E-state index in [1.165, 1.54) is 0 Å². The van der Waals surface area contributed by atoms with E-state index < -0.39 is 0 Å². The van der Waals surface area contributed by atoms with Crippen molar-refractivity contribution in [2.24, 2.45) is 4.99 Å². The Labute approximate surface area is 166 Å². The van der Waals surface area contributed by atoms with E-state index in [2.05, 4.69) is 25.6 Å². The molecule has 2 N–H and O–H groups in total. The van der Waals surface area contributed by atoms with Crippen LogP contribution in [0, 0.1) is 0 Å². The summed E-state index contributed by atoms with van der Waals surface area (Å²) in [7, 11) is 1.75. The summed E-state index contributed by atoms with van der Waals surface area (Å²) in [6.45, 7) is 1.40. The average molecular weight is 477 g/mol. The highest BCUT2D eigenvalue weighted by Crippen LogP contribution is 2.11. The molecule has 3 heterocycles. The highest BCUT2D eigenvalue weighted by atomic mass is 127. The molecule has 0 amide bonds. The summed E-state index contributed by atoms with van der Waals surface area (Å²) in [5.74, 6) is 0.753. The third kappa shape index (κ3) is 5.05. The Hall–Kier alpha value is -1.39. The van der Waals surface area contributed by atoms with Crippen LogP contribution in [0.25, 0.3) is 4.96 Å². The van der Waals surface area contributed by atoms with Crippen molar-refractivity contribution in [1.29, 1.82) is 0 Å². The van der Waals surface area contributed by atoms with Gasteiger partial charge in [-0.1, -0.05) is 17.7 Å². The van der Waals surface area contributed by atoms with E-state index in [0.29, 0.717) is 11.7 Å². The minimum absolute atomic E-state index is 0. The fourth-order valence-electron chi connectivity index (χ4n) is 2.14. The first-order valence-corrected chi connectivity index (χ1v) is 8.46. The molecule has 9 heteroatoms. The molecule has 0 spiro atoms. The molecule has 0 fully saturated rings. The topological polar surface area (TPSA) is 66.6 Å². The second-order valence-corrected chi connectivity index (χ2v) is 6.18. The van der Waals surface area contributed by atoms with Gasteiger partial charge in [0.05, 0.1) is 12.2 Å². The molecule has 6 nitrogen and oxygen atoms in total. The van der Waals surface area contributed by atoms with Gasteiger partial charge in [-0.25, -0.2) is 9.97 Å². The van der Waals surface area contributed by atoms with Crippen LogP contribution >= 0.6 is 46.9 Å². The lowest BCUT2D eigenvalue weighted by Crippen LogP contribution is -2.37. The third-order valence-corrected chi connectivity index (χ3v) is 4.29. The van der Waals surface area contributed by atoms with Crippen molar-refractivity contribution < 1.29 is 0 Å². The lowest BCUT2D eigenvalue weighted by atomic mass is 10.2. The predicted octanol–water partition coefficient (Wildman–Crippen LogP) is 2.97. The van der Waals surface area contributed by atoms with E-state index in [-0.39, 0.29) is 24.0 Å². The van der Waals surface area contributed by atoms with Crippen molar-refractivity contribution >= 4 is 57.8 Å². The van der Waals surface area contributed by atoms with Crippen LogP contribution in [0.4, 0.5) is 0 Å². The quantitative estimate of drug-likeness (QED) is 0.257. The van der Waals surface area contributed by atoms with Gasteiger partial charge >= 0.3 is 0 Å². The number of halogens is 2. The van der Waals surface area contributed by atoms with Gasteiger partial charge in [0.2, 0.25) is 0 Å². The smallest absolute Gasteiger partial charge is 0.193 e. The van der Waals surface area contributed by atoms with E-state index in [1.54, 1.807) is 30.6 Å². The zero-order valence-electron chi connectivity index (χ0n) is 13.1. The second kappa shape index (κ2) is 9.19. The molecule has 3 aromatic heterocycles. The monoisotopic (exact) mass is 476 g/mol.